The van der Waals surface area contributed by atoms with Crippen LogP contribution in [0, 0.1) is 6.92 Å². The zero-order valence-corrected chi connectivity index (χ0v) is 12.4. The molecule has 0 fully saturated rings. The summed E-state index contributed by atoms with van der Waals surface area (Å²) in [6.45, 7) is 2.52. The van der Waals surface area contributed by atoms with Crippen LogP contribution in [0.4, 0.5) is 0 Å². The standard InChI is InChI=1S/C16H17NO2S/c1-11-3-5-12(6-4-11)10-19-15-9-13(16(17)20)7-8-14(15)18-2/h3-9H,10H2,1-2H3,(H2,17,20). The van der Waals surface area contributed by atoms with Crippen LogP contribution in [0.1, 0.15) is 16.7 Å². The first-order valence-corrected chi connectivity index (χ1v) is 6.67. The number of nitrogens with two attached hydrogens (primary N) is 1. The predicted molar refractivity (Wildman–Crippen MR) is 84.4 cm³/mol. The topological polar surface area (TPSA) is 44.5 Å². The Morgan fingerprint density at radius 1 is 1.10 bits per heavy atom. The molecule has 20 heavy (non-hydrogen) atoms. The van der Waals surface area contributed by atoms with E-state index in [2.05, 4.69) is 19.1 Å². The summed E-state index contributed by atoms with van der Waals surface area (Å²) in [6.07, 6.45) is 0. The van der Waals surface area contributed by atoms with Crippen LogP contribution in [0.15, 0.2) is 42.5 Å². The molecule has 2 aromatic carbocycles. The molecule has 104 valence electrons. The molecular weight excluding hydrogens is 270 g/mol. The molecule has 0 saturated carbocycles. The van der Waals surface area contributed by atoms with Gasteiger partial charge in [0.05, 0.1) is 7.11 Å². The van der Waals surface area contributed by atoms with Crippen LogP contribution in [-0.2, 0) is 6.61 Å². The van der Waals surface area contributed by atoms with Gasteiger partial charge in [-0.2, -0.15) is 0 Å². The largest absolute Gasteiger partial charge is 0.493 e. The Labute approximate surface area is 124 Å². The molecule has 0 unspecified atom stereocenters. The van der Waals surface area contributed by atoms with Crippen molar-refractivity contribution in [1.29, 1.82) is 0 Å². The second-order valence-corrected chi connectivity index (χ2v) is 4.94. The third-order valence-electron chi connectivity index (χ3n) is 2.96. The van der Waals surface area contributed by atoms with Gasteiger partial charge in [-0.05, 0) is 30.7 Å². The highest BCUT2D eigenvalue weighted by molar-refractivity contribution is 7.80. The number of hydrogen-bond acceptors (Lipinski definition) is 3. The first-order valence-electron chi connectivity index (χ1n) is 6.26. The number of methoxy groups -OCH3 is 1. The minimum absolute atomic E-state index is 0.341. The molecule has 0 bridgehead atoms. The van der Waals surface area contributed by atoms with E-state index < -0.39 is 0 Å². The lowest BCUT2D eigenvalue weighted by Gasteiger charge is -2.12. The highest BCUT2D eigenvalue weighted by Gasteiger charge is 2.07. The minimum Gasteiger partial charge on any atom is -0.493 e. The quantitative estimate of drug-likeness (QED) is 0.858. The third-order valence-corrected chi connectivity index (χ3v) is 3.20. The van der Waals surface area contributed by atoms with Crippen molar-refractivity contribution in [2.45, 2.75) is 13.5 Å². The third kappa shape index (κ3) is 3.48. The molecule has 0 amide bonds. The number of ether oxygens (including phenoxy) is 2. The van der Waals surface area contributed by atoms with Crippen molar-refractivity contribution in [1.82, 2.24) is 0 Å². The molecule has 0 radical (unpaired) electrons. The van der Waals surface area contributed by atoms with E-state index in [1.807, 2.05) is 18.2 Å². The van der Waals surface area contributed by atoms with Gasteiger partial charge in [0, 0.05) is 5.56 Å². The van der Waals surface area contributed by atoms with Gasteiger partial charge >= 0.3 is 0 Å². The van der Waals surface area contributed by atoms with Crippen LogP contribution in [0.5, 0.6) is 11.5 Å². The van der Waals surface area contributed by atoms with E-state index in [9.17, 15) is 0 Å². The van der Waals surface area contributed by atoms with Crippen LogP contribution in [0.25, 0.3) is 0 Å². The van der Waals surface area contributed by atoms with Crippen LogP contribution in [-0.4, -0.2) is 12.1 Å². The van der Waals surface area contributed by atoms with E-state index in [-0.39, 0.29) is 0 Å². The van der Waals surface area contributed by atoms with Crippen molar-refractivity contribution in [2.24, 2.45) is 5.73 Å². The Morgan fingerprint density at radius 2 is 1.80 bits per heavy atom. The molecule has 0 heterocycles. The average Bonchev–Trinajstić information content (AvgIpc) is 2.46. The summed E-state index contributed by atoms with van der Waals surface area (Å²) in [6, 6.07) is 13.6. The Hall–Kier alpha value is -2.07. The van der Waals surface area contributed by atoms with E-state index in [0.29, 0.717) is 23.1 Å². The summed E-state index contributed by atoms with van der Waals surface area (Å²) >= 11 is 4.97. The molecule has 0 aliphatic heterocycles. The predicted octanol–water partition coefficient (Wildman–Crippen LogP) is 3.22. The summed E-state index contributed by atoms with van der Waals surface area (Å²) in [4.78, 5) is 0.341. The van der Waals surface area contributed by atoms with E-state index >= 15 is 0 Å². The fourth-order valence-electron chi connectivity index (χ4n) is 1.79. The van der Waals surface area contributed by atoms with Gasteiger partial charge in [0.25, 0.3) is 0 Å². The Kier molecular flexibility index (Phi) is 4.58. The Balaban J connectivity index is 2.16. The molecule has 2 N–H and O–H groups in total. The maximum Gasteiger partial charge on any atom is 0.162 e. The molecule has 3 nitrogen and oxygen atoms in total. The lowest BCUT2D eigenvalue weighted by molar-refractivity contribution is 0.284. The van der Waals surface area contributed by atoms with Gasteiger partial charge in [-0.1, -0.05) is 42.0 Å². The van der Waals surface area contributed by atoms with Gasteiger partial charge in [0.15, 0.2) is 11.5 Å². The molecule has 0 atom stereocenters. The smallest absolute Gasteiger partial charge is 0.162 e. The molecule has 0 spiro atoms. The average molecular weight is 287 g/mol. The fourth-order valence-corrected chi connectivity index (χ4v) is 1.92. The van der Waals surface area contributed by atoms with E-state index in [4.69, 9.17) is 27.4 Å². The monoisotopic (exact) mass is 287 g/mol. The minimum atomic E-state index is 0.341. The SMILES string of the molecule is COc1ccc(C(N)=S)cc1OCc1ccc(C)cc1. The van der Waals surface area contributed by atoms with E-state index in [1.165, 1.54) is 5.56 Å². The first kappa shape index (κ1) is 14.3. The summed E-state index contributed by atoms with van der Waals surface area (Å²) < 4.78 is 11.1. The van der Waals surface area contributed by atoms with Crippen molar-refractivity contribution in [3.05, 3.63) is 59.2 Å². The van der Waals surface area contributed by atoms with E-state index in [0.717, 1.165) is 11.1 Å². The second kappa shape index (κ2) is 6.39. The van der Waals surface area contributed by atoms with Crippen molar-refractivity contribution in [3.8, 4) is 11.5 Å². The first-order chi connectivity index (χ1) is 9.60. The molecule has 2 aromatic rings. The second-order valence-electron chi connectivity index (χ2n) is 4.50. The number of rotatable bonds is 5. The number of hydrogen-bond donors (Lipinski definition) is 1. The van der Waals surface area contributed by atoms with E-state index in [1.54, 1.807) is 19.2 Å². The number of aryl methyl sites for hydroxylation is 1. The van der Waals surface area contributed by atoms with Crippen molar-refractivity contribution in [3.63, 3.8) is 0 Å². The lowest BCUT2D eigenvalue weighted by atomic mass is 10.1. The molecule has 2 rings (SSSR count). The van der Waals surface area contributed by atoms with Crippen LogP contribution in [0.2, 0.25) is 0 Å². The molecule has 0 saturated heterocycles. The number of benzene rings is 2. The van der Waals surface area contributed by atoms with Crippen molar-refractivity contribution in [2.75, 3.05) is 7.11 Å². The van der Waals surface area contributed by atoms with Gasteiger partial charge in [-0.15, -0.1) is 0 Å². The zero-order chi connectivity index (χ0) is 14.5. The van der Waals surface area contributed by atoms with Gasteiger partial charge < -0.3 is 15.2 Å². The van der Waals surface area contributed by atoms with Crippen molar-refractivity contribution < 1.29 is 9.47 Å². The van der Waals surface area contributed by atoms with Gasteiger partial charge in [0.2, 0.25) is 0 Å². The van der Waals surface area contributed by atoms with Gasteiger partial charge in [-0.3, -0.25) is 0 Å². The molecular formula is C16H17NO2S. The van der Waals surface area contributed by atoms with Gasteiger partial charge in [-0.25, -0.2) is 0 Å². The summed E-state index contributed by atoms with van der Waals surface area (Å²) in [5.74, 6) is 1.30. The van der Waals surface area contributed by atoms with Crippen LogP contribution in [0.3, 0.4) is 0 Å². The molecule has 0 aliphatic carbocycles. The highest BCUT2D eigenvalue weighted by atomic mass is 32.1. The lowest BCUT2D eigenvalue weighted by Crippen LogP contribution is -2.09. The molecule has 4 heteroatoms. The molecule has 0 aromatic heterocycles. The zero-order valence-electron chi connectivity index (χ0n) is 11.6. The van der Waals surface area contributed by atoms with Crippen LogP contribution >= 0.6 is 12.2 Å². The summed E-state index contributed by atoms with van der Waals surface area (Å²) in [7, 11) is 1.61. The van der Waals surface area contributed by atoms with Gasteiger partial charge in [0.1, 0.15) is 11.6 Å². The summed E-state index contributed by atoms with van der Waals surface area (Å²) in [5.41, 5.74) is 8.72. The number of thiocarbonyl (C=S) groups is 1. The van der Waals surface area contributed by atoms with Crippen molar-refractivity contribution >= 4 is 17.2 Å². The Morgan fingerprint density at radius 3 is 2.40 bits per heavy atom. The van der Waals surface area contributed by atoms with Crippen LogP contribution < -0.4 is 15.2 Å². The maximum absolute atomic E-state index is 5.80. The molecule has 0 aliphatic rings. The fraction of sp³-hybridized carbons (Fsp3) is 0.188. The highest BCUT2D eigenvalue weighted by Crippen LogP contribution is 2.28. The maximum atomic E-state index is 5.80. The normalized spacial score (nSPS) is 10.1. The Bertz CT molecular complexity index is 608. The summed E-state index contributed by atoms with van der Waals surface area (Å²) in [5, 5.41) is 0.